The second-order valence-corrected chi connectivity index (χ2v) is 5.59. The van der Waals surface area contributed by atoms with Gasteiger partial charge in [-0.05, 0) is 54.6 Å². The number of benzene rings is 3. The lowest BCUT2D eigenvalue weighted by molar-refractivity contribution is 0.101. The lowest BCUT2D eigenvalue weighted by Gasteiger charge is -2.09. The fraction of sp³-hybridized carbons (Fsp3) is 0. The van der Waals surface area contributed by atoms with E-state index in [1.165, 1.54) is 54.6 Å². The van der Waals surface area contributed by atoms with Gasteiger partial charge in [-0.25, -0.2) is 13.2 Å². The van der Waals surface area contributed by atoms with Crippen molar-refractivity contribution < 1.29 is 22.8 Å². The highest BCUT2D eigenvalue weighted by Gasteiger charge is 2.14. The van der Waals surface area contributed by atoms with Gasteiger partial charge >= 0.3 is 0 Å². The fourth-order valence-corrected chi connectivity index (χ4v) is 2.35. The fourth-order valence-electron chi connectivity index (χ4n) is 2.35. The maximum Gasteiger partial charge on any atom is 0.255 e. The molecule has 0 saturated carbocycles. The third-order valence-electron chi connectivity index (χ3n) is 3.69. The molecule has 0 fully saturated rings. The van der Waals surface area contributed by atoms with Crippen LogP contribution in [0.4, 0.5) is 24.5 Å². The molecular formula is C20H13F3N2O2. The largest absolute Gasteiger partial charge is 0.322 e. The van der Waals surface area contributed by atoms with Crippen molar-refractivity contribution >= 4 is 23.2 Å². The van der Waals surface area contributed by atoms with Gasteiger partial charge in [0, 0.05) is 16.8 Å². The van der Waals surface area contributed by atoms with Crippen molar-refractivity contribution in [2.24, 2.45) is 0 Å². The van der Waals surface area contributed by atoms with Crippen LogP contribution in [0, 0.1) is 17.5 Å². The molecule has 0 radical (unpaired) electrons. The van der Waals surface area contributed by atoms with E-state index in [1.54, 1.807) is 0 Å². The SMILES string of the molecule is O=C(Nc1cccc(F)c1)c1ccc(C(=O)Nc2c(F)cccc2F)cc1. The second-order valence-electron chi connectivity index (χ2n) is 5.59. The van der Waals surface area contributed by atoms with Crippen molar-refractivity contribution in [2.45, 2.75) is 0 Å². The zero-order valence-electron chi connectivity index (χ0n) is 13.8. The van der Waals surface area contributed by atoms with Crippen molar-refractivity contribution in [1.29, 1.82) is 0 Å². The Balaban J connectivity index is 1.71. The summed E-state index contributed by atoms with van der Waals surface area (Å²) in [6, 6.07) is 14.1. The van der Waals surface area contributed by atoms with E-state index in [1.807, 2.05) is 0 Å². The number of nitrogens with one attached hydrogen (secondary N) is 2. The molecular weight excluding hydrogens is 357 g/mol. The molecule has 0 unspecified atom stereocenters. The Morgan fingerprint density at radius 2 is 1.19 bits per heavy atom. The summed E-state index contributed by atoms with van der Waals surface area (Å²) in [6.07, 6.45) is 0. The average molecular weight is 370 g/mol. The van der Waals surface area contributed by atoms with Gasteiger partial charge in [0.2, 0.25) is 0 Å². The molecule has 136 valence electrons. The van der Waals surface area contributed by atoms with Crippen LogP contribution in [0.15, 0.2) is 66.7 Å². The third kappa shape index (κ3) is 4.33. The zero-order chi connectivity index (χ0) is 19.4. The Kier molecular flexibility index (Phi) is 5.21. The van der Waals surface area contributed by atoms with E-state index < -0.39 is 35.0 Å². The molecule has 7 heteroatoms. The van der Waals surface area contributed by atoms with E-state index in [9.17, 15) is 22.8 Å². The van der Waals surface area contributed by atoms with Crippen LogP contribution >= 0.6 is 0 Å². The number of hydrogen-bond donors (Lipinski definition) is 2. The molecule has 0 aliphatic rings. The maximum absolute atomic E-state index is 13.6. The molecule has 2 N–H and O–H groups in total. The summed E-state index contributed by atoms with van der Waals surface area (Å²) >= 11 is 0. The Hall–Kier alpha value is -3.61. The summed E-state index contributed by atoms with van der Waals surface area (Å²) in [6.45, 7) is 0. The predicted octanol–water partition coefficient (Wildman–Crippen LogP) is 4.61. The molecule has 0 spiro atoms. The topological polar surface area (TPSA) is 58.2 Å². The van der Waals surface area contributed by atoms with E-state index in [2.05, 4.69) is 10.6 Å². The Morgan fingerprint density at radius 1 is 0.667 bits per heavy atom. The number of amides is 2. The van der Waals surface area contributed by atoms with E-state index in [0.717, 1.165) is 12.1 Å². The lowest BCUT2D eigenvalue weighted by atomic mass is 10.1. The van der Waals surface area contributed by atoms with Crippen LogP contribution in [0.3, 0.4) is 0 Å². The molecule has 2 amide bonds. The van der Waals surface area contributed by atoms with Crippen LogP contribution in [0.2, 0.25) is 0 Å². The van der Waals surface area contributed by atoms with Crippen molar-refractivity contribution in [3.63, 3.8) is 0 Å². The van der Waals surface area contributed by atoms with Gasteiger partial charge in [0.25, 0.3) is 11.8 Å². The second kappa shape index (κ2) is 7.74. The van der Waals surface area contributed by atoms with Crippen LogP contribution in [0.25, 0.3) is 0 Å². The van der Waals surface area contributed by atoms with Gasteiger partial charge < -0.3 is 10.6 Å². The maximum atomic E-state index is 13.6. The summed E-state index contributed by atoms with van der Waals surface area (Å²) in [5.41, 5.74) is 0.0834. The summed E-state index contributed by atoms with van der Waals surface area (Å²) in [7, 11) is 0. The Bertz CT molecular complexity index is 984. The molecule has 0 aliphatic carbocycles. The molecule has 0 saturated heterocycles. The normalized spacial score (nSPS) is 10.3. The highest BCUT2D eigenvalue weighted by Crippen LogP contribution is 2.19. The number of hydrogen-bond acceptors (Lipinski definition) is 2. The number of carbonyl (C=O) groups is 2. The van der Waals surface area contributed by atoms with Gasteiger partial charge in [0.05, 0.1) is 0 Å². The number of anilines is 2. The van der Waals surface area contributed by atoms with Gasteiger partial charge in [-0.2, -0.15) is 0 Å². The summed E-state index contributed by atoms with van der Waals surface area (Å²) in [4.78, 5) is 24.3. The van der Waals surface area contributed by atoms with E-state index in [4.69, 9.17) is 0 Å². The Labute approximate surface area is 152 Å². The smallest absolute Gasteiger partial charge is 0.255 e. The first-order valence-corrected chi connectivity index (χ1v) is 7.86. The van der Waals surface area contributed by atoms with E-state index >= 15 is 0 Å². The quantitative estimate of drug-likeness (QED) is 0.705. The average Bonchev–Trinajstić information content (AvgIpc) is 2.65. The standard InChI is InChI=1S/C20H13F3N2O2/c21-14-3-1-4-15(11-14)24-19(26)12-7-9-13(10-8-12)20(27)25-18-16(22)5-2-6-17(18)23/h1-11H,(H,24,26)(H,25,27). The molecule has 0 aliphatic heterocycles. The number of halogens is 3. The van der Waals surface area contributed by atoms with Gasteiger partial charge in [-0.15, -0.1) is 0 Å². The summed E-state index contributed by atoms with van der Waals surface area (Å²) < 4.78 is 40.3. The first-order chi connectivity index (χ1) is 12.9. The first-order valence-electron chi connectivity index (χ1n) is 7.86. The minimum atomic E-state index is -0.894. The summed E-state index contributed by atoms with van der Waals surface area (Å²) in [5.74, 6) is -3.49. The number of rotatable bonds is 4. The van der Waals surface area contributed by atoms with Crippen molar-refractivity contribution in [1.82, 2.24) is 0 Å². The molecule has 0 aromatic heterocycles. The van der Waals surface area contributed by atoms with Gasteiger partial charge in [0.15, 0.2) is 0 Å². The molecule has 0 heterocycles. The number of carbonyl (C=O) groups excluding carboxylic acids is 2. The predicted molar refractivity (Wildman–Crippen MR) is 95.1 cm³/mol. The van der Waals surface area contributed by atoms with Crippen LogP contribution < -0.4 is 10.6 Å². The molecule has 0 atom stereocenters. The highest BCUT2D eigenvalue weighted by molar-refractivity contribution is 6.07. The minimum absolute atomic E-state index is 0.111. The Morgan fingerprint density at radius 3 is 1.74 bits per heavy atom. The van der Waals surface area contributed by atoms with Crippen LogP contribution in [0.5, 0.6) is 0 Å². The van der Waals surface area contributed by atoms with Crippen molar-refractivity contribution in [3.8, 4) is 0 Å². The van der Waals surface area contributed by atoms with Gasteiger partial charge in [-0.3, -0.25) is 9.59 Å². The summed E-state index contributed by atoms with van der Waals surface area (Å²) in [5, 5.41) is 4.68. The van der Waals surface area contributed by atoms with Gasteiger partial charge in [0.1, 0.15) is 23.1 Å². The minimum Gasteiger partial charge on any atom is -0.322 e. The molecule has 27 heavy (non-hydrogen) atoms. The number of para-hydroxylation sites is 1. The van der Waals surface area contributed by atoms with Crippen molar-refractivity contribution in [3.05, 3.63) is 95.3 Å². The molecule has 3 aromatic carbocycles. The molecule has 3 rings (SSSR count). The lowest BCUT2D eigenvalue weighted by Crippen LogP contribution is -2.15. The van der Waals surface area contributed by atoms with Crippen LogP contribution in [-0.4, -0.2) is 11.8 Å². The molecule has 4 nitrogen and oxygen atoms in total. The van der Waals surface area contributed by atoms with Crippen molar-refractivity contribution in [2.75, 3.05) is 10.6 Å². The van der Waals surface area contributed by atoms with E-state index in [-0.39, 0.29) is 16.8 Å². The molecule has 3 aromatic rings. The first kappa shape index (κ1) is 18.2. The third-order valence-corrected chi connectivity index (χ3v) is 3.69. The zero-order valence-corrected chi connectivity index (χ0v) is 13.8. The molecule has 0 bridgehead atoms. The van der Waals surface area contributed by atoms with Gasteiger partial charge in [-0.1, -0.05) is 12.1 Å². The van der Waals surface area contributed by atoms with Crippen LogP contribution in [0.1, 0.15) is 20.7 Å². The highest BCUT2D eigenvalue weighted by atomic mass is 19.1. The monoisotopic (exact) mass is 370 g/mol. The van der Waals surface area contributed by atoms with E-state index in [0.29, 0.717) is 0 Å². The van der Waals surface area contributed by atoms with Crippen LogP contribution in [-0.2, 0) is 0 Å².